The number of hydrogen-bond acceptors (Lipinski definition) is 5. The van der Waals surface area contributed by atoms with Crippen molar-refractivity contribution >= 4 is 23.3 Å². The fourth-order valence-corrected chi connectivity index (χ4v) is 1.57. The minimum Gasteiger partial charge on any atom is -0.491 e. The average molecular weight is 262 g/mol. The molecule has 0 spiro atoms. The van der Waals surface area contributed by atoms with E-state index in [1.54, 1.807) is 0 Å². The average Bonchev–Trinajstić information content (AvgIpc) is 2.27. The van der Waals surface area contributed by atoms with Crippen LogP contribution in [-0.4, -0.2) is 30.2 Å². The largest absolute Gasteiger partial charge is 0.491 e. The topological polar surface area (TPSA) is 98.9 Å². The molecule has 0 aliphatic rings. The quantitative estimate of drug-likeness (QED) is 0.657. The van der Waals surface area contributed by atoms with Gasteiger partial charge < -0.3 is 14.6 Å². The summed E-state index contributed by atoms with van der Waals surface area (Å²) in [5.41, 5.74) is -0.942. The van der Waals surface area contributed by atoms with Crippen molar-refractivity contribution in [3.63, 3.8) is 0 Å². The van der Waals surface area contributed by atoms with Gasteiger partial charge >= 0.3 is 11.7 Å². The fraction of sp³-hybridized carbons (Fsp3) is 0.222. The number of carboxylic acids is 1. The number of methoxy groups -OCH3 is 2. The van der Waals surface area contributed by atoms with Gasteiger partial charge in [0.2, 0.25) is 5.75 Å². The molecule has 0 saturated heterocycles. The minimum atomic E-state index is -1.39. The summed E-state index contributed by atoms with van der Waals surface area (Å²) in [6, 6.07) is 0.825. The first-order chi connectivity index (χ1) is 7.93. The molecule has 1 aromatic rings. The van der Waals surface area contributed by atoms with Crippen LogP contribution in [0.4, 0.5) is 5.69 Å². The molecule has 0 aliphatic heterocycles. The van der Waals surface area contributed by atoms with Gasteiger partial charge in [0.25, 0.3) is 0 Å². The molecule has 0 amide bonds. The Morgan fingerprint density at radius 1 is 1.41 bits per heavy atom. The van der Waals surface area contributed by atoms with Gasteiger partial charge in [-0.25, -0.2) is 4.79 Å². The van der Waals surface area contributed by atoms with Crippen LogP contribution >= 0.6 is 11.6 Å². The normalized spacial score (nSPS) is 9.82. The van der Waals surface area contributed by atoms with Gasteiger partial charge in [-0.1, -0.05) is 11.6 Å². The summed E-state index contributed by atoms with van der Waals surface area (Å²) in [5.74, 6) is -1.78. The van der Waals surface area contributed by atoms with Crippen molar-refractivity contribution in [3.8, 4) is 11.5 Å². The van der Waals surface area contributed by atoms with Crippen LogP contribution in [0.25, 0.3) is 0 Å². The molecular formula is C9H8ClNO6. The molecule has 0 fully saturated rings. The number of hydrogen-bond donors (Lipinski definition) is 1. The Morgan fingerprint density at radius 3 is 2.29 bits per heavy atom. The van der Waals surface area contributed by atoms with Crippen LogP contribution < -0.4 is 9.47 Å². The monoisotopic (exact) mass is 261 g/mol. The lowest BCUT2D eigenvalue weighted by Crippen LogP contribution is -2.04. The third kappa shape index (κ3) is 2.23. The molecule has 17 heavy (non-hydrogen) atoms. The Labute approximate surface area is 101 Å². The Morgan fingerprint density at radius 2 is 1.94 bits per heavy atom. The maximum Gasteiger partial charge on any atom is 0.337 e. The van der Waals surface area contributed by atoms with E-state index in [0.29, 0.717) is 0 Å². The lowest BCUT2D eigenvalue weighted by Gasteiger charge is -2.11. The first-order valence-corrected chi connectivity index (χ1v) is 4.64. The fourth-order valence-electron chi connectivity index (χ4n) is 1.27. The van der Waals surface area contributed by atoms with E-state index in [-0.39, 0.29) is 16.5 Å². The number of benzene rings is 1. The number of aromatic carboxylic acids is 1. The van der Waals surface area contributed by atoms with Crippen molar-refractivity contribution in [1.29, 1.82) is 0 Å². The highest BCUT2D eigenvalue weighted by atomic mass is 35.5. The zero-order valence-electron chi connectivity index (χ0n) is 8.89. The predicted molar refractivity (Wildman–Crippen MR) is 58.2 cm³/mol. The number of rotatable bonds is 4. The van der Waals surface area contributed by atoms with Crippen molar-refractivity contribution in [3.05, 3.63) is 26.8 Å². The zero-order valence-corrected chi connectivity index (χ0v) is 9.65. The van der Waals surface area contributed by atoms with Gasteiger partial charge in [-0.3, -0.25) is 10.1 Å². The van der Waals surface area contributed by atoms with Crippen LogP contribution in [0.1, 0.15) is 10.4 Å². The summed E-state index contributed by atoms with van der Waals surface area (Å²) in [6.45, 7) is 0. The molecule has 1 N–H and O–H groups in total. The van der Waals surface area contributed by atoms with E-state index in [4.69, 9.17) is 26.2 Å². The van der Waals surface area contributed by atoms with Gasteiger partial charge in [0.05, 0.1) is 24.7 Å². The van der Waals surface area contributed by atoms with E-state index in [2.05, 4.69) is 0 Å². The number of nitro benzene ring substituents is 1. The smallest absolute Gasteiger partial charge is 0.337 e. The first-order valence-electron chi connectivity index (χ1n) is 4.26. The molecule has 1 rings (SSSR count). The Kier molecular flexibility index (Phi) is 3.74. The van der Waals surface area contributed by atoms with Crippen molar-refractivity contribution < 1.29 is 24.3 Å². The number of carbonyl (C=O) groups is 1. The van der Waals surface area contributed by atoms with Crippen LogP contribution in [0.3, 0.4) is 0 Å². The van der Waals surface area contributed by atoms with Crippen molar-refractivity contribution in [2.45, 2.75) is 0 Å². The summed E-state index contributed by atoms with van der Waals surface area (Å²) >= 11 is 5.76. The summed E-state index contributed by atoms with van der Waals surface area (Å²) in [7, 11) is 2.40. The molecule has 1 aromatic carbocycles. The lowest BCUT2D eigenvalue weighted by atomic mass is 10.1. The number of ether oxygens (including phenoxy) is 2. The third-order valence-electron chi connectivity index (χ3n) is 1.99. The Bertz CT molecular complexity index is 487. The van der Waals surface area contributed by atoms with Gasteiger partial charge in [-0.2, -0.15) is 0 Å². The second-order valence-electron chi connectivity index (χ2n) is 2.89. The zero-order chi connectivity index (χ0) is 13.2. The molecule has 0 aliphatic carbocycles. The van der Waals surface area contributed by atoms with E-state index < -0.39 is 22.1 Å². The molecule has 0 unspecified atom stereocenters. The summed E-state index contributed by atoms with van der Waals surface area (Å²) in [4.78, 5) is 20.9. The van der Waals surface area contributed by atoms with Crippen LogP contribution in [0.5, 0.6) is 11.5 Å². The van der Waals surface area contributed by atoms with Crippen LogP contribution in [-0.2, 0) is 0 Å². The van der Waals surface area contributed by atoms with Gasteiger partial charge in [-0.05, 0) is 0 Å². The second-order valence-corrected chi connectivity index (χ2v) is 3.26. The van der Waals surface area contributed by atoms with Crippen molar-refractivity contribution in [1.82, 2.24) is 0 Å². The number of nitro groups is 1. The Balaban J connectivity index is 3.67. The number of halogens is 1. The molecule has 8 heteroatoms. The minimum absolute atomic E-state index is 0.180. The van der Waals surface area contributed by atoms with E-state index in [0.717, 1.165) is 6.07 Å². The van der Waals surface area contributed by atoms with Crippen LogP contribution in [0.2, 0.25) is 5.02 Å². The summed E-state index contributed by atoms with van der Waals surface area (Å²) < 4.78 is 9.62. The van der Waals surface area contributed by atoms with Gasteiger partial charge in [0, 0.05) is 6.07 Å². The van der Waals surface area contributed by atoms with E-state index in [1.807, 2.05) is 0 Å². The van der Waals surface area contributed by atoms with Crippen LogP contribution in [0, 0.1) is 10.1 Å². The maximum absolute atomic E-state index is 10.9. The molecule has 0 atom stereocenters. The number of carboxylic acid groups (broad SMARTS) is 1. The van der Waals surface area contributed by atoms with E-state index >= 15 is 0 Å². The van der Waals surface area contributed by atoms with Gasteiger partial charge in [-0.15, -0.1) is 0 Å². The lowest BCUT2D eigenvalue weighted by molar-refractivity contribution is -0.385. The maximum atomic E-state index is 10.9. The molecule has 0 bridgehead atoms. The second kappa shape index (κ2) is 4.88. The van der Waals surface area contributed by atoms with Crippen molar-refractivity contribution in [2.75, 3.05) is 14.2 Å². The molecule has 7 nitrogen and oxygen atoms in total. The summed E-state index contributed by atoms with van der Waals surface area (Å²) in [6.07, 6.45) is 0. The standard InChI is InChI=1S/C9H8ClNO6/c1-16-7-5(11(14)15)3-4(9(12)13)6(10)8(7)17-2/h3H,1-2H3,(H,12,13). The van der Waals surface area contributed by atoms with Crippen molar-refractivity contribution in [2.24, 2.45) is 0 Å². The summed E-state index contributed by atoms with van der Waals surface area (Å²) in [5, 5.41) is 19.4. The molecule has 0 heterocycles. The van der Waals surface area contributed by atoms with Crippen LogP contribution in [0.15, 0.2) is 6.07 Å². The van der Waals surface area contributed by atoms with Gasteiger partial charge in [0.15, 0.2) is 5.75 Å². The third-order valence-corrected chi connectivity index (χ3v) is 2.37. The molecule has 92 valence electrons. The highest BCUT2D eigenvalue weighted by Crippen LogP contribution is 2.44. The molecule has 0 saturated carbocycles. The number of nitrogens with zero attached hydrogens (tertiary/aromatic N) is 1. The van der Waals surface area contributed by atoms with Gasteiger partial charge in [0.1, 0.15) is 5.02 Å². The highest BCUT2D eigenvalue weighted by molar-refractivity contribution is 6.35. The SMILES string of the molecule is COc1c([N+](=O)[O-])cc(C(=O)O)c(Cl)c1OC. The molecule has 0 radical (unpaired) electrons. The molecular weight excluding hydrogens is 254 g/mol. The highest BCUT2D eigenvalue weighted by Gasteiger charge is 2.28. The Hall–Kier alpha value is -2.02. The van der Waals surface area contributed by atoms with E-state index in [9.17, 15) is 14.9 Å². The van der Waals surface area contributed by atoms with E-state index in [1.165, 1.54) is 14.2 Å². The molecule has 0 aromatic heterocycles. The first kappa shape index (κ1) is 13.0. The predicted octanol–water partition coefficient (Wildman–Crippen LogP) is 1.96.